The second-order valence-electron chi connectivity index (χ2n) is 10.4. The van der Waals surface area contributed by atoms with Gasteiger partial charge in [-0.05, 0) is 31.9 Å². The molecular formula is C38H45IN3S-. The Bertz CT molecular complexity index is 1530. The van der Waals surface area contributed by atoms with Crippen molar-refractivity contribution in [3.8, 4) is 11.8 Å². The summed E-state index contributed by atoms with van der Waals surface area (Å²) in [6.07, 6.45) is 21.2. The van der Waals surface area contributed by atoms with Crippen LogP contribution in [-0.4, -0.2) is 8.87 Å². The van der Waals surface area contributed by atoms with Crippen LogP contribution < -0.4 is 32.5 Å². The molecule has 0 fully saturated rings. The molecule has 0 spiro atoms. The van der Waals surface area contributed by atoms with Gasteiger partial charge in [-0.1, -0.05) is 25.7 Å². The number of hydrogen-bond acceptors (Lipinski definition) is 4. The summed E-state index contributed by atoms with van der Waals surface area (Å²) in [5.74, 6) is 8.08. The number of nitrogens with one attached hydrogen (secondary N) is 1. The Labute approximate surface area is 275 Å². The van der Waals surface area contributed by atoms with E-state index in [4.69, 9.17) is 5.73 Å². The van der Waals surface area contributed by atoms with Crippen LogP contribution in [0.4, 0.5) is 0 Å². The summed E-state index contributed by atoms with van der Waals surface area (Å²) < 4.78 is 4.09. The molecule has 226 valence electrons. The van der Waals surface area contributed by atoms with Crippen molar-refractivity contribution in [2.24, 2.45) is 5.73 Å². The summed E-state index contributed by atoms with van der Waals surface area (Å²) in [5, 5.41) is 2.97. The van der Waals surface area contributed by atoms with Crippen LogP contribution in [0, 0.1) is 15.4 Å². The Morgan fingerprint density at radius 3 is 2.51 bits per heavy atom. The molecule has 43 heavy (non-hydrogen) atoms. The van der Waals surface area contributed by atoms with Gasteiger partial charge in [-0.3, -0.25) is 0 Å². The van der Waals surface area contributed by atoms with E-state index < -0.39 is 0 Å². The van der Waals surface area contributed by atoms with Crippen LogP contribution in [0.15, 0.2) is 131 Å². The second-order valence-corrected chi connectivity index (χ2v) is 14.1. The first-order valence-electron chi connectivity index (χ1n) is 14.8. The molecule has 3 nitrogen and oxygen atoms in total. The van der Waals surface area contributed by atoms with Crippen molar-refractivity contribution in [1.82, 2.24) is 8.43 Å². The molecule has 0 radical (unpaired) electrons. The van der Waals surface area contributed by atoms with Crippen LogP contribution in [0.25, 0.3) is 5.57 Å². The van der Waals surface area contributed by atoms with E-state index in [0.29, 0.717) is 0 Å². The average Bonchev–Trinajstić information content (AvgIpc) is 3.36. The number of halogens is 1. The van der Waals surface area contributed by atoms with Gasteiger partial charge < -0.3 is 11.1 Å². The van der Waals surface area contributed by atoms with Gasteiger partial charge >= 0.3 is 178 Å². The van der Waals surface area contributed by atoms with Crippen LogP contribution in [0.3, 0.4) is 0 Å². The van der Waals surface area contributed by atoms with Crippen molar-refractivity contribution >= 4 is 17.3 Å². The standard InChI is InChI=1S/C24H23INS.C9H12N2.C5H10/c1-3-23-18(2)22-14-8-10-19(15-16-21-13-9-17-27-21)24(22)25-26(23)20-11-6-4-5-7-12-20;1-6-4-5-11-8(3)9(6)7(2)10;1-4-5(2)3/h4-8,10-11,13-14H,3,9,12,17H2,1-2H3;4-5,11H,1,3,10H2,2H3;2,4H2,1,3H3/q-1;;/b;9-7+;. The van der Waals surface area contributed by atoms with Crippen LogP contribution >= 0.6 is 11.8 Å². The summed E-state index contributed by atoms with van der Waals surface area (Å²) in [6, 6.07) is 6.66. The van der Waals surface area contributed by atoms with E-state index in [1.807, 2.05) is 31.7 Å². The topological polar surface area (TPSA) is 41.3 Å². The van der Waals surface area contributed by atoms with Crippen molar-refractivity contribution in [2.75, 3.05) is 5.75 Å². The normalized spacial score (nSPS) is 18.2. The van der Waals surface area contributed by atoms with E-state index in [-0.39, 0.29) is 21.5 Å². The molecule has 0 bridgehead atoms. The van der Waals surface area contributed by atoms with E-state index in [1.54, 1.807) is 6.20 Å². The number of nitrogens with zero attached hydrogens (tertiary/aromatic N) is 1. The first-order chi connectivity index (χ1) is 20.7. The first-order valence-corrected chi connectivity index (χ1v) is 17.8. The Hall–Kier alpha value is -3.34. The molecule has 0 saturated carbocycles. The van der Waals surface area contributed by atoms with Gasteiger partial charge in [0.15, 0.2) is 0 Å². The maximum atomic E-state index is 5.63. The van der Waals surface area contributed by atoms with Gasteiger partial charge in [0.05, 0.1) is 0 Å². The number of rotatable bonds is 3. The average molecular weight is 703 g/mol. The van der Waals surface area contributed by atoms with E-state index in [1.165, 1.54) is 47.9 Å². The molecule has 0 unspecified atom stereocenters. The van der Waals surface area contributed by atoms with Gasteiger partial charge in [0, 0.05) is 23.2 Å². The van der Waals surface area contributed by atoms with Gasteiger partial charge in [0.25, 0.3) is 0 Å². The van der Waals surface area contributed by atoms with E-state index in [2.05, 4.69) is 115 Å². The Morgan fingerprint density at radius 1 is 1.14 bits per heavy atom. The second kappa shape index (κ2) is 17.1. The Morgan fingerprint density at radius 2 is 1.91 bits per heavy atom. The predicted octanol–water partition coefficient (Wildman–Crippen LogP) is 6.47. The monoisotopic (exact) mass is 702 g/mol. The zero-order valence-electron chi connectivity index (χ0n) is 26.3. The molecule has 0 atom stereocenters. The minimum absolute atomic E-state index is 0.319. The van der Waals surface area contributed by atoms with Gasteiger partial charge in [0.1, 0.15) is 0 Å². The van der Waals surface area contributed by atoms with Crippen LogP contribution in [0.2, 0.25) is 0 Å². The number of benzene rings is 1. The predicted molar refractivity (Wildman–Crippen MR) is 185 cm³/mol. The number of allylic oxidation sites excluding steroid dienone is 13. The van der Waals surface area contributed by atoms with Gasteiger partial charge in [-0.15, -0.1) is 6.58 Å². The number of hydrogen-bond donors (Lipinski definition) is 2. The molecule has 1 aliphatic carbocycles. The van der Waals surface area contributed by atoms with Crippen molar-refractivity contribution in [3.05, 3.63) is 146 Å². The van der Waals surface area contributed by atoms with Crippen LogP contribution in [-0.2, 0) is 0 Å². The number of fused-ring (bicyclic) bond motifs is 1. The van der Waals surface area contributed by atoms with Gasteiger partial charge in [0.2, 0.25) is 0 Å². The van der Waals surface area contributed by atoms with Crippen molar-refractivity contribution in [2.45, 2.75) is 60.3 Å². The SMILES string of the molecule is C=C(C)CC.C=C1C=CNC(=C)/C1=C(\C)N.CCC1=C(C)c2cccc(C#CC3=CCCS3)c2[I-]N1C1=CC=CC=CC1. The van der Waals surface area contributed by atoms with E-state index >= 15 is 0 Å². The molecule has 0 aromatic heterocycles. The molecular weight excluding hydrogens is 657 g/mol. The van der Waals surface area contributed by atoms with Crippen molar-refractivity contribution in [3.63, 3.8) is 0 Å². The third-order valence-corrected chi connectivity index (χ3v) is 11.3. The summed E-state index contributed by atoms with van der Waals surface area (Å²) in [4.78, 5) is 1.24. The fraction of sp³-hybridized carbons (Fsp3) is 0.263. The maximum absolute atomic E-state index is 5.63. The molecule has 1 aromatic rings. The molecule has 3 heterocycles. The van der Waals surface area contributed by atoms with Gasteiger partial charge in [-0.2, -0.15) is 0 Å². The van der Waals surface area contributed by atoms with Crippen molar-refractivity contribution < 1.29 is 21.5 Å². The third-order valence-electron chi connectivity index (χ3n) is 6.99. The summed E-state index contributed by atoms with van der Waals surface area (Å²) in [7, 11) is 0. The Balaban J connectivity index is 0.000000261. The summed E-state index contributed by atoms with van der Waals surface area (Å²) >= 11 is 1.56. The fourth-order valence-corrected chi connectivity index (χ4v) is 8.89. The molecule has 5 rings (SSSR count). The number of thioether (sulfide) groups is 1. The van der Waals surface area contributed by atoms with Crippen LogP contribution in [0.1, 0.15) is 71.4 Å². The third kappa shape index (κ3) is 9.58. The fourth-order valence-electron chi connectivity index (χ4n) is 4.51. The Kier molecular flexibility index (Phi) is 13.6. The molecule has 0 amide bonds. The minimum atomic E-state index is -0.319. The van der Waals surface area contributed by atoms with E-state index in [9.17, 15) is 0 Å². The van der Waals surface area contributed by atoms with E-state index in [0.717, 1.165) is 48.2 Å². The molecule has 1 aromatic carbocycles. The number of nitrogens with two attached hydrogens (primary N) is 1. The summed E-state index contributed by atoms with van der Waals surface area (Å²) in [5.41, 5.74) is 17.2. The van der Waals surface area contributed by atoms with Crippen LogP contribution in [0.5, 0.6) is 0 Å². The molecule has 4 aliphatic rings. The molecule has 3 aliphatic heterocycles. The zero-order valence-corrected chi connectivity index (χ0v) is 29.3. The molecule has 3 N–H and O–H groups in total. The molecule has 5 heteroatoms. The van der Waals surface area contributed by atoms with Crippen molar-refractivity contribution in [1.29, 1.82) is 0 Å². The summed E-state index contributed by atoms with van der Waals surface area (Å²) in [6.45, 7) is 21.8. The zero-order chi connectivity index (χ0) is 31.4. The van der Waals surface area contributed by atoms with Gasteiger partial charge in [-0.25, -0.2) is 0 Å². The quantitative estimate of drug-likeness (QED) is 0.164. The first kappa shape index (κ1) is 34.2. The molecule has 0 saturated heterocycles.